The molecule has 19 heavy (non-hydrogen) atoms. The molecule has 1 saturated heterocycles. The van der Waals surface area contributed by atoms with Gasteiger partial charge in [-0.2, -0.15) is 0 Å². The number of hydrogen-bond acceptors (Lipinski definition) is 5. The lowest BCUT2D eigenvalue weighted by Gasteiger charge is -2.30. The summed E-state index contributed by atoms with van der Waals surface area (Å²) < 4.78 is 21.8. The third-order valence-electron chi connectivity index (χ3n) is 3.29. The Bertz CT molecular complexity index is 404. The van der Waals surface area contributed by atoms with Crippen molar-refractivity contribution in [2.45, 2.75) is 12.1 Å². The maximum atomic E-state index is 5.76. The van der Waals surface area contributed by atoms with Gasteiger partial charge < -0.3 is 24.3 Å². The zero-order valence-electron chi connectivity index (χ0n) is 11.6. The highest BCUT2D eigenvalue weighted by Crippen LogP contribution is 2.31. The van der Waals surface area contributed by atoms with Crippen molar-refractivity contribution in [3.63, 3.8) is 0 Å². The summed E-state index contributed by atoms with van der Waals surface area (Å²) in [6.07, 6.45) is 0.0110. The zero-order valence-corrected chi connectivity index (χ0v) is 11.6. The van der Waals surface area contributed by atoms with Crippen molar-refractivity contribution in [1.82, 2.24) is 5.32 Å². The Morgan fingerprint density at radius 2 is 2.00 bits per heavy atom. The van der Waals surface area contributed by atoms with E-state index in [1.807, 2.05) is 25.2 Å². The van der Waals surface area contributed by atoms with Crippen LogP contribution in [0.5, 0.6) is 11.5 Å². The Kier molecular flexibility index (Phi) is 5.01. The van der Waals surface area contributed by atoms with Crippen molar-refractivity contribution < 1.29 is 18.9 Å². The van der Waals surface area contributed by atoms with Crippen LogP contribution in [0.2, 0.25) is 0 Å². The van der Waals surface area contributed by atoms with Gasteiger partial charge in [0, 0.05) is 0 Å². The molecule has 0 amide bonds. The normalized spacial score (nSPS) is 20.9. The van der Waals surface area contributed by atoms with Crippen LogP contribution >= 0.6 is 0 Å². The summed E-state index contributed by atoms with van der Waals surface area (Å²) in [7, 11) is 5.18. The molecule has 0 bridgehead atoms. The Morgan fingerprint density at radius 1 is 1.21 bits per heavy atom. The molecular formula is C14H21NO4. The van der Waals surface area contributed by atoms with Gasteiger partial charge in [0.05, 0.1) is 40.1 Å². The van der Waals surface area contributed by atoms with Crippen LogP contribution in [0, 0.1) is 0 Å². The molecule has 1 heterocycles. The predicted octanol–water partition coefficient (Wildman–Crippen LogP) is 1.38. The van der Waals surface area contributed by atoms with Crippen LogP contribution in [0.3, 0.4) is 0 Å². The van der Waals surface area contributed by atoms with E-state index in [0.29, 0.717) is 19.8 Å². The van der Waals surface area contributed by atoms with Gasteiger partial charge in [-0.05, 0) is 24.7 Å². The summed E-state index contributed by atoms with van der Waals surface area (Å²) in [5, 5.41) is 3.28. The van der Waals surface area contributed by atoms with Crippen LogP contribution in [0.4, 0.5) is 0 Å². The van der Waals surface area contributed by atoms with E-state index in [-0.39, 0.29) is 12.1 Å². The first-order valence-corrected chi connectivity index (χ1v) is 6.38. The highest BCUT2D eigenvalue weighted by molar-refractivity contribution is 5.44. The van der Waals surface area contributed by atoms with Gasteiger partial charge in [-0.3, -0.25) is 0 Å². The van der Waals surface area contributed by atoms with E-state index in [0.717, 1.165) is 17.1 Å². The molecule has 2 atom stereocenters. The van der Waals surface area contributed by atoms with Gasteiger partial charge in [0.1, 0.15) is 6.10 Å². The highest BCUT2D eigenvalue weighted by Gasteiger charge is 2.26. The number of ether oxygens (including phenoxy) is 4. The molecule has 1 aliphatic rings. The second kappa shape index (κ2) is 6.75. The summed E-state index contributed by atoms with van der Waals surface area (Å²) in [4.78, 5) is 0. The number of methoxy groups -OCH3 is 2. The van der Waals surface area contributed by atoms with E-state index in [4.69, 9.17) is 18.9 Å². The minimum absolute atomic E-state index is 0.0110. The summed E-state index contributed by atoms with van der Waals surface area (Å²) in [5.41, 5.74) is 1.09. The molecule has 0 saturated carbocycles. The van der Waals surface area contributed by atoms with Crippen molar-refractivity contribution in [3.05, 3.63) is 23.8 Å². The van der Waals surface area contributed by atoms with Crippen molar-refractivity contribution >= 4 is 0 Å². The molecule has 1 N–H and O–H groups in total. The zero-order chi connectivity index (χ0) is 13.7. The summed E-state index contributed by atoms with van der Waals surface area (Å²) in [6, 6.07) is 5.96. The molecule has 1 aromatic rings. The minimum atomic E-state index is 0.0110. The van der Waals surface area contributed by atoms with E-state index < -0.39 is 0 Å². The fraction of sp³-hybridized carbons (Fsp3) is 0.571. The van der Waals surface area contributed by atoms with Crippen molar-refractivity contribution in [3.8, 4) is 11.5 Å². The molecule has 5 heteroatoms. The van der Waals surface area contributed by atoms with Crippen LogP contribution in [0.25, 0.3) is 0 Å². The molecule has 1 aromatic carbocycles. The second-order valence-electron chi connectivity index (χ2n) is 4.36. The van der Waals surface area contributed by atoms with Crippen LogP contribution < -0.4 is 14.8 Å². The van der Waals surface area contributed by atoms with Gasteiger partial charge in [0.2, 0.25) is 0 Å². The molecule has 0 radical (unpaired) electrons. The van der Waals surface area contributed by atoms with Crippen molar-refractivity contribution in [1.29, 1.82) is 0 Å². The SMILES string of the molecule is CNC(c1ccc(OC)c(OC)c1)C1COCCO1. The number of benzene rings is 1. The van der Waals surface area contributed by atoms with E-state index in [2.05, 4.69) is 5.32 Å². The van der Waals surface area contributed by atoms with Crippen LogP contribution in [0.1, 0.15) is 11.6 Å². The van der Waals surface area contributed by atoms with E-state index in [1.165, 1.54) is 0 Å². The predicted molar refractivity (Wildman–Crippen MR) is 71.9 cm³/mol. The lowest BCUT2D eigenvalue weighted by atomic mass is 10.0. The topological polar surface area (TPSA) is 49.0 Å². The maximum absolute atomic E-state index is 5.76. The average Bonchev–Trinajstić information content (AvgIpc) is 2.49. The Morgan fingerprint density at radius 3 is 2.58 bits per heavy atom. The standard InChI is InChI=1S/C14H21NO4/c1-15-14(13-9-18-6-7-19-13)10-4-5-11(16-2)12(8-10)17-3/h4-5,8,13-15H,6-7,9H2,1-3H3. The highest BCUT2D eigenvalue weighted by atomic mass is 16.6. The largest absolute Gasteiger partial charge is 0.493 e. The Labute approximate surface area is 113 Å². The quantitative estimate of drug-likeness (QED) is 0.873. The summed E-state index contributed by atoms with van der Waals surface area (Å²) >= 11 is 0. The number of nitrogens with one attached hydrogen (secondary N) is 1. The number of likely N-dealkylation sites (N-methyl/N-ethyl adjacent to an activating group) is 1. The number of rotatable bonds is 5. The fourth-order valence-corrected chi connectivity index (χ4v) is 2.31. The summed E-state index contributed by atoms with van der Waals surface area (Å²) in [6.45, 7) is 1.90. The van der Waals surface area contributed by atoms with Gasteiger partial charge in [-0.25, -0.2) is 0 Å². The van der Waals surface area contributed by atoms with Crippen molar-refractivity contribution in [2.24, 2.45) is 0 Å². The first kappa shape index (κ1) is 14.1. The smallest absolute Gasteiger partial charge is 0.161 e. The number of hydrogen-bond donors (Lipinski definition) is 1. The molecule has 5 nitrogen and oxygen atoms in total. The fourth-order valence-electron chi connectivity index (χ4n) is 2.31. The lowest BCUT2D eigenvalue weighted by molar-refractivity contribution is -0.101. The van der Waals surface area contributed by atoms with Gasteiger partial charge in [-0.1, -0.05) is 6.07 Å². The van der Waals surface area contributed by atoms with E-state index >= 15 is 0 Å². The molecule has 0 aromatic heterocycles. The van der Waals surface area contributed by atoms with Crippen LogP contribution in [-0.4, -0.2) is 47.2 Å². The summed E-state index contributed by atoms with van der Waals surface area (Å²) in [5.74, 6) is 1.44. The van der Waals surface area contributed by atoms with E-state index in [9.17, 15) is 0 Å². The molecule has 1 fully saturated rings. The minimum Gasteiger partial charge on any atom is -0.493 e. The molecule has 0 spiro atoms. The van der Waals surface area contributed by atoms with E-state index in [1.54, 1.807) is 14.2 Å². The van der Waals surface area contributed by atoms with Crippen LogP contribution in [-0.2, 0) is 9.47 Å². The molecule has 106 valence electrons. The first-order chi connectivity index (χ1) is 9.30. The third kappa shape index (κ3) is 3.18. The first-order valence-electron chi connectivity index (χ1n) is 6.38. The average molecular weight is 267 g/mol. The second-order valence-corrected chi connectivity index (χ2v) is 4.36. The Balaban J connectivity index is 2.22. The molecule has 1 aliphatic heterocycles. The van der Waals surface area contributed by atoms with Gasteiger partial charge in [-0.15, -0.1) is 0 Å². The van der Waals surface area contributed by atoms with Crippen molar-refractivity contribution in [2.75, 3.05) is 41.1 Å². The Hall–Kier alpha value is -1.30. The molecule has 0 aliphatic carbocycles. The lowest BCUT2D eigenvalue weighted by Crippen LogP contribution is -2.39. The monoisotopic (exact) mass is 267 g/mol. The molecular weight excluding hydrogens is 246 g/mol. The van der Waals surface area contributed by atoms with Gasteiger partial charge >= 0.3 is 0 Å². The van der Waals surface area contributed by atoms with Crippen LogP contribution in [0.15, 0.2) is 18.2 Å². The molecule has 2 rings (SSSR count). The third-order valence-corrected chi connectivity index (χ3v) is 3.29. The maximum Gasteiger partial charge on any atom is 0.161 e. The van der Waals surface area contributed by atoms with Gasteiger partial charge in [0.25, 0.3) is 0 Å². The molecule has 2 unspecified atom stereocenters. The van der Waals surface area contributed by atoms with Gasteiger partial charge in [0.15, 0.2) is 11.5 Å².